The third-order valence-electron chi connectivity index (χ3n) is 2.92. The Bertz CT molecular complexity index is 561. The highest BCUT2D eigenvalue weighted by Gasteiger charge is 2.30. The van der Waals surface area contributed by atoms with Crippen molar-refractivity contribution in [3.05, 3.63) is 51.5 Å². The van der Waals surface area contributed by atoms with Gasteiger partial charge in [-0.2, -0.15) is 0 Å². The molecule has 1 unspecified atom stereocenters. The van der Waals surface area contributed by atoms with Crippen LogP contribution in [0.3, 0.4) is 0 Å². The highest BCUT2D eigenvalue weighted by Crippen LogP contribution is 2.36. The van der Waals surface area contributed by atoms with Gasteiger partial charge in [-0.05, 0) is 38.1 Å². The fourth-order valence-corrected chi connectivity index (χ4v) is 2.77. The molecule has 96 valence electrons. The maximum absolute atomic E-state index is 14.0. The molecule has 2 aromatic rings. The van der Waals surface area contributed by atoms with Crippen molar-refractivity contribution >= 4 is 11.3 Å². The summed E-state index contributed by atoms with van der Waals surface area (Å²) in [4.78, 5) is 1.81. The van der Waals surface area contributed by atoms with Crippen molar-refractivity contribution in [1.82, 2.24) is 0 Å². The Labute approximate surface area is 110 Å². The Morgan fingerprint density at radius 2 is 2.00 bits per heavy atom. The van der Waals surface area contributed by atoms with Crippen LogP contribution in [0, 0.1) is 12.7 Å². The van der Waals surface area contributed by atoms with Gasteiger partial charge in [0, 0.05) is 21.4 Å². The molecule has 0 radical (unpaired) electrons. The van der Waals surface area contributed by atoms with Crippen LogP contribution in [0.2, 0.25) is 0 Å². The summed E-state index contributed by atoms with van der Waals surface area (Å²) < 4.78 is 18.9. The first kappa shape index (κ1) is 13.1. The molecule has 18 heavy (non-hydrogen) atoms. The van der Waals surface area contributed by atoms with Crippen molar-refractivity contribution in [2.24, 2.45) is 0 Å². The zero-order valence-electron chi connectivity index (χ0n) is 10.5. The summed E-state index contributed by atoms with van der Waals surface area (Å²) in [5.41, 5.74) is -1.07. The molecular weight excluding hydrogens is 251 g/mol. The largest absolute Gasteiger partial charge is 0.497 e. The number of halogens is 1. The van der Waals surface area contributed by atoms with Gasteiger partial charge in [-0.1, -0.05) is 0 Å². The average Bonchev–Trinajstić information content (AvgIpc) is 2.76. The van der Waals surface area contributed by atoms with E-state index >= 15 is 0 Å². The zero-order valence-corrected chi connectivity index (χ0v) is 11.3. The van der Waals surface area contributed by atoms with E-state index in [2.05, 4.69) is 0 Å². The molecule has 0 bridgehead atoms. The van der Waals surface area contributed by atoms with Crippen molar-refractivity contribution in [3.63, 3.8) is 0 Å². The molecule has 0 aliphatic heterocycles. The second-order valence-electron chi connectivity index (χ2n) is 4.33. The summed E-state index contributed by atoms with van der Waals surface area (Å²) in [7, 11) is 1.48. The second-order valence-corrected chi connectivity index (χ2v) is 5.62. The SMILES string of the molecule is COc1ccc(C(C)(O)c2ccc(C)s2)c(F)c1. The lowest BCUT2D eigenvalue weighted by Gasteiger charge is -2.23. The summed E-state index contributed by atoms with van der Waals surface area (Å²) in [6, 6.07) is 8.22. The molecular formula is C14H15FO2S. The number of thiophene rings is 1. The average molecular weight is 266 g/mol. The topological polar surface area (TPSA) is 29.5 Å². The number of hydrogen-bond acceptors (Lipinski definition) is 3. The molecule has 1 aromatic carbocycles. The minimum atomic E-state index is -1.32. The van der Waals surface area contributed by atoms with E-state index in [1.165, 1.54) is 24.5 Å². The second kappa shape index (κ2) is 4.71. The van der Waals surface area contributed by atoms with Crippen LogP contribution in [0.4, 0.5) is 4.39 Å². The van der Waals surface area contributed by atoms with E-state index in [-0.39, 0.29) is 5.56 Å². The predicted molar refractivity (Wildman–Crippen MR) is 70.7 cm³/mol. The third kappa shape index (κ3) is 2.26. The lowest BCUT2D eigenvalue weighted by molar-refractivity contribution is 0.102. The van der Waals surface area contributed by atoms with Gasteiger partial charge in [-0.15, -0.1) is 11.3 Å². The summed E-state index contributed by atoms with van der Waals surface area (Å²) >= 11 is 1.46. The molecule has 0 aliphatic rings. The van der Waals surface area contributed by atoms with Gasteiger partial charge in [0.2, 0.25) is 0 Å². The van der Waals surface area contributed by atoms with Gasteiger partial charge in [0.05, 0.1) is 7.11 Å². The molecule has 2 rings (SSSR count). The number of rotatable bonds is 3. The number of aliphatic hydroxyl groups is 1. The van der Waals surface area contributed by atoms with Crippen LogP contribution in [0.25, 0.3) is 0 Å². The normalized spacial score (nSPS) is 14.3. The molecule has 1 N–H and O–H groups in total. The van der Waals surface area contributed by atoms with Crippen molar-refractivity contribution in [1.29, 1.82) is 0 Å². The molecule has 2 nitrogen and oxygen atoms in total. The highest BCUT2D eigenvalue weighted by atomic mass is 32.1. The van der Waals surface area contributed by atoms with Crippen molar-refractivity contribution in [2.45, 2.75) is 19.4 Å². The number of ether oxygens (including phenoxy) is 1. The molecule has 0 saturated heterocycles. The standard InChI is InChI=1S/C14H15FO2S/c1-9-4-7-13(18-9)14(2,16)11-6-5-10(17-3)8-12(11)15/h4-8,16H,1-3H3. The zero-order chi connectivity index (χ0) is 13.3. The van der Waals surface area contributed by atoms with Crippen molar-refractivity contribution in [3.8, 4) is 5.75 Å². The number of hydrogen-bond donors (Lipinski definition) is 1. The van der Waals surface area contributed by atoms with Crippen molar-refractivity contribution < 1.29 is 14.2 Å². The number of aryl methyl sites for hydroxylation is 1. The summed E-state index contributed by atoms with van der Waals surface area (Å²) in [6.07, 6.45) is 0. The van der Waals surface area contributed by atoms with E-state index in [4.69, 9.17) is 4.74 Å². The fourth-order valence-electron chi connectivity index (χ4n) is 1.85. The Kier molecular flexibility index (Phi) is 3.41. The molecule has 1 aromatic heterocycles. The van der Waals surface area contributed by atoms with Gasteiger partial charge >= 0.3 is 0 Å². The Balaban J connectivity index is 2.47. The van der Waals surface area contributed by atoms with Crippen LogP contribution in [0.1, 0.15) is 22.2 Å². The molecule has 0 saturated carbocycles. The maximum Gasteiger partial charge on any atom is 0.133 e. The smallest absolute Gasteiger partial charge is 0.133 e. The Hall–Kier alpha value is -1.39. The first-order chi connectivity index (χ1) is 8.45. The summed E-state index contributed by atoms with van der Waals surface area (Å²) in [5, 5.41) is 10.5. The Morgan fingerprint density at radius 1 is 1.28 bits per heavy atom. The van der Waals surface area contributed by atoms with Crippen LogP contribution >= 0.6 is 11.3 Å². The highest BCUT2D eigenvalue weighted by molar-refractivity contribution is 7.12. The fraction of sp³-hybridized carbons (Fsp3) is 0.286. The van der Waals surface area contributed by atoms with Crippen LogP contribution < -0.4 is 4.74 Å². The van der Waals surface area contributed by atoms with Crippen LogP contribution in [-0.2, 0) is 5.60 Å². The lowest BCUT2D eigenvalue weighted by atomic mass is 9.93. The van der Waals surface area contributed by atoms with Gasteiger partial charge in [0.15, 0.2) is 0 Å². The van der Waals surface area contributed by atoms with E-state index in [1.54, 1.807) is 19.1 Å². The minimum Gasteiger partial charge on any atom is -0.497 e. The molecule has 0 spiro atoms. The maximum atomic E-state index is 14.0. The van der Waals surface area contributed by atoms with E-state index in [1.807, 2.05) is 19.1 Å². The molecule has 0 fully saturated rings. The Morgan fingerprint density at radius 3 is 2.50 bits per heavy atom. The molecule has 0 amide bonds. The number of methoxy groups -OCH3 is 1. The molecule has 4 heteroatoms. The van der Waals surface area contributed by atoms with Gasteiger partial charge in [0.25, 0.3) is 0 Å². The van der Waals surface area contributed by atoms with Gasteiger partial charge in [-0.3, -0.25) is 0 Å². The van der Waals surface area contributed by atoms with E-state index in [9.17, 15) is 9.50 Å². The van der Waals surface area contributed by atoms with Crippen LogP contribution in [0.5, 0.6) is 5.75 Å². The molecule has 1 heterocycles. The van der Waals surface area contributed by atoms with Crippen molar-refractivity contribution in [2.75, 3.05) is 7.11 Å². The first-order valence-corrected chi connectivity index (χ1v) is 6.40. The quantitative estimate of drug-likeness (QED) is 0.922. The first-order valence-electron chi connectivity index (χ1n) is 5.58. The molecule has 1 atom stereocenters. The summed E-state index contributed by atoms with van der Waals surface area (Å²) in [5.74, 6) is -0.0280. The lowest BCUT2D eigenvalue weighted by Crippen LogP contribution is -2.22. The molecule has 0 aliphatic carbocycles. The van der Waals surface area contributed by atoms with Gasteiger partial charge in [-0.25, -0.2) is 4.39 Å². The van der Waals surface area contributed by atoms with E-state index in [0.29, 0.717) is 5.75 Å². The number of benzene rings is 1. The van der Waals surface area contributed by atoms with Crippen LogP contribution in [0.15, 0.2) is 30.3 Å². The van der Waals surface area contributed by atoms with Crippen LogP contribution in [-0.4, -0.2) is 12.2 Å². The predicted octanol–water partition coefficient (Wildman–Crippen LogP) is 3.46. The van der Waals surface area contributed by atoms with Gasteiger partial charge < -0.3 is 9.84 Å². The minimum absolute atomic E-state index is 0.255. The monoisotopic (exact) mass is 266 g/mol. The van der Waals surface area contributed by atoms with E-state index in [0.717, 1.165) is 9.75 Å². The van der Waals surface area contributed by atoms with Gasteiger partial charge in [0.1, 0.15) is 17.2 Å². The summed E-state index contributed by atoms with van der Waals surface area (Å²) in [6.45, 7) is 3.55. The third-order valence-corrected chi connectivity index (χ3v) is 4.13. The van der Waals surface area contributed by atoms with E-state index < -0.39 is 11.4 Å².